The van der Waals surface area contributed by atoms with Crippen LogP contribution in [0.5, 0.6) is 11.8 Å². The molecule has 7 nitrogen and oxygen atoms in total. The van der Waals surface area contributed by atoms with Crippen LogP contribution in [0.15, 0.2) is 72.8 Å². The van der Waals surface area contributed by atoms with Gasteiger partial charge in [-0.1, -0.05) is 41.4 Å². The van der Waals surface area contributed by atoms with Crippen LogP contribution in [0.4, 0.5) is 5.69 Å². The molecule has 4 rings (SSSR count). The number of benzene rings is 3. The molecule has 0 bridgehead atoms. The topological polar surface area (TPSA) is 78.3 Å². The standard InChI is InChI=1S/C24H21ClN4O3/c1-16-3-5-17(6-4-16)23-27-24(31-2)28-29(23)20-11-9-19(10-12-20)26-22(30)15-32-21-13-7-18(25)8-14-21/h3-14H,15H2,1-2H3,(H,26,30). The summed E-state index contributed by atoms with van der Waals surface area (Å²) in [5, 5.41) is 7.84. The third-order valence-corrected chi connectivity index (χ3v) is 4.91. The van der Waals surface area contributed by atoms with Gasteiger partial charge >= 0.3 is 6.01 Å². The zero-order valence-electron chi connectivity index (χ0n) is 17.6. The molecule has 0 fully saturated rings. The number of halogens is 1. The van der Waals surface area contributed by atoms with E-state index in [0.717, 1.165) is 16.8 Å². The fourth-order valence-electron chi connectivity index (χ4n) is 3.01. The molecule has 0 radical (unpaired) electrons. The Morgan fingerprint density at radius 3 is 2.34 bits per heavy atom. The largest absolute Gasteiger partial charge is 0.484 e. The zero-order chi connectivity index (χ0) is 22.5. The smallest absolute Gasteiger partial charge is 0.336 e. The molecule has 32 heavy (non-hydrogen) atoms. The average Bonchev–Trinajstić information content (AvgIpc) is 3.24. The first kappa shape index (κ1) is 21.4. The highest BCUT2D eigenvalue weighted by Crippen LogP contribution is 2.24. The molecular formula is C24H21ClN4O3. The molecule has 162 valence electrons. The maximum Gasteiger partial charge on any atom is 0.336 e. The number of hydrogen-bond acceptors (Lipinski definition) is 5. The summed E-state index contributed by atoms with van der Waals surface area (Å²) in [5.74, 6) is 0.967. The van der Waals surface area contributed by atoms with Crippen molar-refractivity contribution in [2.45, 2.75) is 6.92 Å². The minimum Gasteiger partial charge on any atom is -0.484 e. The van der Waals surface area contributed by atoms with E-state index < -0.39 is 0 Å². The van der Waals surface area contributed by atoms with Crippen LogP contribution in [0.25, 0.3) is 17.1 Å². The molecule has 1 amide bonds. The second kappa shape index (κ2) is 9.53. The van der Waals surface area contributed by atoms with Gasteiger partial charge < -0.3 is 14.8 Å². The molecule has 1 heterocycles. The van der Waals surface area contributed by atoms with Gasteiger partial charge in [0.25, 0.3) is 5.91 Å². The molecule has 0 aliphatic heterocycles. The zero-order valence-corrected chi connectivity index (χ0v) is 18.3. The van der Waals surface area contributed by atoms with Gasteiger partial charge in [0, 0.05) is 16.3 Å². The van der Waals surface area contributed by atoms with E-state index in [0.29, 0.717) is 22.3 Å². The Morgan fingerprint density at radius 2 is 1.69 bits per heavy atom. The summed E-state index contributed by atoms with van der Waals surface area (Å²) in [5.41, 5.74) is 3.50. The quantitative estimate of drug-likeness (QED) is 0.434. The number of anilines is 1. The number of carbonyl (C=O) groups excluding carboxylic acids is 1. The molecule has 4 aromatic rings. The average molecular weight is 449 g/mol. The van der Waals surface area contributed by atoms with Crippen LogP contribution in [0.2, 0.25) is 5.02 Å². The van der Waals surface area contributed by atoms with E-state index in [9.17, 15) is 4.79 Å². The first-order valence-electron chi connectivity index (χ1n) is 9.88. The Labute approximate surface area is 190 Å². The number of nitrogens with zero attached hydrogens (tertiary/aromatic N) is 3. The maximum absolute atomic E-state index is 12.2. The lowest BCUT2D eigenvalue weighted by Gasteiger charge is -2.09. The van der Waals surface area contributed by atoms with E-state index in [4.69, 9.17) is 21.1 Å². The third-order valence-electron chi connectivity index (χ3n) is 4.66. The number of methoxy groups -OCH3 is 1. The first-order valence-corrected chi connectivity index (χ1v) is 10.3. The maximum atomic E-state index is 12.2. The van der Waals surface area contributed by atoms with Gasteiger partial charge in [0.1, 0.15) is 5.75 Å². The van der Waals surface area contributed by atoms with Gasteiger partial charge in [-0.15, -0.1) is 5.10 Å². The predicted octanol–water partition coefficient (Wildman–Crippen LogP) is 4.92. The van der Waals surface area contributed by atoms with Crippen molar-refractivity contribution in [3.63, 3.8) is 0 Å². The molecule has 0 spiro atoms. The van der Waals surface area contributed by atoms with Crippen LogP contribution in [0, 0.1) is 6.92 Å². The molecule has 8 heteroatoms. The number of aryl methyl sites for hydroxylation is 1. The molecule has 0 saturated heterocycles. The summed E-state index contributed by atoms with van der Waals surface area (Å²) < 4.78 is 12.4. The third kappa shape index (κ3) is 5.07. The first-order chi connectivity index (χ1) is 15.5. The minimum atomic E-state index is -0.268. The van der Waals surface area contributed by atoms with Gasteiger partial charge in [-0.2, -0.15) is 4.98 Å². The second-order valence-corrected chi connectivity index (χ2v) is 7.47. The van der Waals surface area contributed by atoms with Crippen LogP contribution >= 0.6 is 11.6 Å². The van der Waals surface area contributed by atoms with Crippen molar-refractivity contribution in [3.8, 4) is 28.8 Å². The van der Waals surface area contributed by atoms with Crippen molar-refractivity contribution >= 4 is 23.2 Å². The molecule has 1 N–H and O–H groups in total. The number of nitrogens with one attached hydrogen (secondary N) is 1. The Morgan fingerprint density at radius 1 is 1.00 bits per heavy atom. The number of aromatic nitrogens is 3. The normalized spacial score (nSPS) is 10.6. The summed E-state index contributed by atoms with van der Waals surface area (Å²) in [7, 11) is 1.53. The van der Waals surface area contributed by atoms with E-state index in [1.807, 2.05) is 43.3 Å². The Balaban J connectivity index is 1.46. The summed E-state index contributed by atoms with van der Waals surface area (Å²) in [4.78, 5) is 16.7. The van der Waals surface area contributed by atoms with Crippen LogP contribution < -0.4 is 14.8 Å². The highest BCUT2D eigenvalue weighted by molar-refractivity contribution is 6.30. The summed E-state index contributed by atoms with van der Waals surface area (Å²) >= 11 is 5.85. The number of ether oxygens (including phenoxy) is 2. The van der Waals surface area contributed by atoms with E-state index in [1.165, 1.54) is 7.11 Å². The van der Waals surface area contributed by atoms with Gasteiger partial charge in [0.15, 0.2) is 12.4 Å². The van der Waals surface area contributed by atoms with Crippen molar-refractivity contribution in [3.05, 3.63) is 83.4 Å². The lowest BCUT2D eigenvalue weighted by molar-refractivity contribution is -0.118. The molecule has 0 atom stereocenters. The molecule has 0 aliphatic carbocycles. The highest BCUT2D eigenvalue weighted by Gasteiger charge is 2.14. The second-order valence-electron chi connectivity index (χ2n) is 7.04. The van der Waals surface area contributed by atoms with Crippen LogP contribution in [-0.2, 0) is 4.79 Å². The molecule has 3 aromatic carbocycles. The van der Waals surface area contributed by atoms with E-state index in [-0.39, 0.29) is 18.5 Å². The van der Waals surface area contributed by atoms with Gasteiger partial charge in [0.2, 0.25) is 0 Å². The lowest BCUT2D eigenvalue weighted by Crippen LogP contribution is -2.20. The number of carbonyl (C=O) groups is 1. The Kier molecular flexibility index (Phi) is 6.37. The fourth-order valence-corrected chi connectivity index (χ4v) is 3.14. The number of rotatable bonds is 7. The van der Waals surface area contributed by atoms with E-state index in [1.54, 1.807) is 41.1 Å². The monoisotopic (exact) mass is 448 g/mol. The van der Waals surface area contributed by atoms with Crippen molar-refractivity contribution in [1.82, 2.24) is 14.8 Å². The molecule has 0 saturated carbocycles. The van der Waals surface area contributed by atoms with Crippen molar-refractivity contribution in [2.24, 2.45) is 0 Å². The van der Waals surface area contributed by atoms with Crippen LogP contribution in [0.3, 0.4) is 0 Å². The van der Waals surface area contributed by atoms with E-state index >= 15 is 0 Å². The molecule has 0 aliphatic rings. The van der Waals surface area contributed by atoms with E-state index in [2.05, 4.69) is 15.4 Å². The Bertz CT molecular complexity index is 1200. The number of amides is 1. The molecular weight excluding hydrogens is 428 g/mol. The molecule has 0 unspecified atom stereocenters. The van der Waals surface area contributed by atoms with Crippen molar-refractivity contribution < 1.29 is 14.3 Å². The predicted molar refractivity (Wildman–Crippen MR) is 124 cm³/mol. The van der Waals surface area contributed by atoms with Crippen LogP contribution in [-0.4, -0.2) is 34.4 Å². The SMILES string of the molecule is COc1nc(-c2ccc(C)cc2)n(-c2ccc(NC(=O)COc3ccc(Cl)cc3)cc2)n1. The molecule has 1 aromatic heterocycles. The van der Waals surface area contributed by atoms with Gasteiger partial charge in [0.05, 0.1) is 12.8 Å². The Hall–Kier alpha value is -3.84. The minimum absolute atomic E-state index is 0.110. The van der Waals surface area contributed by atoms with Crippen molar-refractivity contribution in [2.75, 3.05) is 19.0 Å². The van der Waals surface area contributed by atoms with Gasteiger partial charge in [-0.25, -0.2) is 4.68 Å². The van der Waals surface area contributed by atoms with Gasteiger partial charge in [-0.05, 0) is 55.5 Å². The lowest BCUT2D eigenvalue weighted by atomic mass is 10.1. The van der Waals surface area contributed by atoms with Gasteiger partial charge in [-0.3, -0.25) is 4.79 Å². The number of hydrogen-bond donors (Lipinski definition) is 1. The highest BCUT2D eigenvalue weighted by atomic mass is 35.5. The summed E-state index contributed by atoms with van der Waals surface area (Å²) in [6.07, 6.45) is 0. The van der Waals surface area contributed by atoms with Crippen LogP contribution in [0.1, 0.15) is 5.56 Å². The summed E-state index contributed by atoms with van der Waals surface area (Å²) in [6, 6.07) is 22.4. The fraction of sp³-hybridized carbons (Fsp3) is 0.125. The summed E-state index contributed by atoms with van der Waals surface area (Å²) in [6.45, 7) is 1.92. The van der Waals surface area contributed by atoms with Crippen molar-refractivity contribution in [1.29, 1.82) is 0 Å².